The molecule has 1 saturated heterocycles. The summed E-state index contributed by atoms with van der Waals surface area (Å²) in [5, 5.41) is 3.55. The standard InChI is InChI=1S/C19H21Cl2N3O3/c1-13(27-16-4-2-3-15(20)18(16)21)19(25)23-12-14-5-6-22-17(11-14)24-7-9-26-10-8-24/h2-6,11,13H,7-10,12H2,1H3,(H,23,25)/t13-/m1/s1. The molecular formula is C19H21Cl2N3O3. The van der Waals surface area contributed by atoms with Crippen LogP contribution in [0.15, 0.2) is 36.5 Å². The largest absolute Gasteiger partial charge is 0.479 e. The number of aromatic nitrogens is 1. The summed E-state index contributed by atoms with van der Waals surface area (Å²) in [4.78, 5) is 18.9. The summed E-state index contributed by atoms with van der Waals surface area (Å²) < 4.78 is 11.0. The minimum Gasteiger partial charge on any atom is -0.479 e. The molecule has 0 spiro atoms. The van der Waals surface area contributed by atoms with Crippen molar-refractivity contribution < 1.29 is 14.3 Å². The van der Waals surface area contributed by atoms with Crippen molar-refractivity contribution in [3.63, 3.8) is 0 Å². The number of benzene rings is 1. The fraction of sp³-hybridized carbons (Fsp3) is 0.368. The lowest BCUT2D eigenvalue weighted by Crippen LogP contribution is -2.37. The number of hydrogen-bond acceptors (Lipinski definition) is 5. The molecule has 1 aliphatic rings. The van der Waals surface area contributed by atoms with E-state index >= 15 is 0 Å². The number of carbonyl (C=O) groups is 1. The summed E-state index contributed by atoms with van der Waals surface area (Å²) in [6, 6.07) is 8.92. The second-order valence-electron chi connectivity index (χ2n) is 6.15. The minimum atomic E-state index is -0.707. The minimum absolute atomic E-state index is 0.240. The number of anilines is 1. The molecule has 144 valence electrons. The zero-order chi connectivity index (χ0) is 19.2. The maximum atomic E-state index is 12.3. The van der Waals surface area contributed by atoms with Gasteiger partial charge in [0.15, 0.2) is 6.10 Å². The summed E-state index contributed by atoms with van der Waals surface area (Å²) >= 11 is 12.1. The molecule has 1 amide bonds. The molecule has 1 aromatic carbocycles. The van der Waals surface area contributed by atoms with Crippen molar-refractivity contribution in [1.29, 1.82) is 0 Å². The van der Waals surface area contributed by atoms with Crippen molar-refractivity contribution in [1.82, 2.24) is 10.3 Å². The fourth-order valence-corrected chi connectivity index (χ4v) is 3.02. The second kappa shape index (κ2) is 9.26. The van der Waals surface area contributed by atoms with Gasteiger partial charge in [0.2, 0.25) is 0 Å². The van der Waals surface area contributed by atoms with Gasteiger partial charge in [0.1, 0.15) is 16.6 Å². The average molecular weight is 410 g/mol. The summed E-state index contributed by atoms with van der Waals surface area (Å²) in [5.74, 6) is 1.03. The molecule has 1 N–H and O–H groups in total. The van der Waals surface area contributed by atoms with Crippen LogP contribution in [0.2, 0.25) is 10.0 Å². The van der Waals surface area contributed by atoms with Gasteiger partial charge in [-0.2, -0.15) is 0 Å². The zero-order valence-electron chi connectivity index (χ0n) is 15.0. The van der Waals surface area contributed by atoms with Gasteiger partial charge >= 0.3 is 0 Å². The number of nitrogens with zero attached hydrogens (tertiary/aromatic N) is 2. The Morgan fingerprint density at radius 1 is 1.33 bits per heavy atom. The monoisotopic (exact) mass is 409 g/mol. The Morgan fingerprint density at radius 3 is 2.89 bits per heavy atom. The van der Waals surface area contributed by atoms with E-state index in [9.17, 15) is 4.79 Å². The lowest BCUT2D eigenvalue weighted by Gasteiger charge is -2.28. The molecule has 3 rings (SSSR count). The van der Waals surface area contributed by atoms with Crippen LogP contribution < -0.4 is 15.0 Å². The number of amides is 1. The number of pyridine rings is 1. The molecule has 1 aromatic heterocycles. The molecule has 0 bridgehead atoms. The average Bonchev–Trinajstić information content (AvgIpc) is 2.70. The third-order valence-electron chi connectivity index (χ3n) is 4.20. The summed E-state index contributed by atoms with van der Waals surface area (Å²) in [5.41, 5.74) is 0.966. The van der Waals surface area contributed by atoms with E-state index < -0.39 is 6.10 Å². The Bertz CT molecular complexity index is 798. The molecular weight excluding hydrogens is 389 g/mol. The third kappa shape index (κ3) is 5.25. The highest BCUT2D eigenvalue weighted by molar-refractivity contribution is 6.42. The van der Waals surface area contributed by atoms with Crippen LogP contribution in [0.5, 0.6) is 5.75 Å². The van der Waals surface area contributed by atoms with Gasteiger partial charge in [-0.15, -0.1) is 0 Å². The lowest BCUT2D eigenvalue weighted by molar-refractivity contribution is -0.127. The van der Waals surface area contributed by atoms with E-state index in [1.807, 2.05) is 12.1 Å². The molecule has 0 aliphatic carbocycles. The maximum Gasteiger partial charge on any atom is 0.261 e. The van der Waals surface area contributed by atoms with Crippen LogP contribution in [0.4, 0.5) is 5.82 Å². The fourth-order valence-electron chi connectivity index (χ4n) is 2.69. The number of nitrogens with one attached hydrogen (secondary N) is 1. The quantitative estimate of drug-likeness (QED) is 0.792. The molecule has 8 heteroatoms. The van der Waals surface area contributed by atoms with Crippen LogP contribution in [0.1, 0.15) is 12.5 Å². The van der Waals surface area contributed by atoms with Crippen molar-refractivity contribution in [2.24, 2.45) is 0 Å². The van der Waals surface area contributed by atoms with Gasteiger partial charge in [0, 0.05) is 25.8 Å². The van der Waals surface area contributed by atoms with Crippen molar-refractivity contribution in [2.75, 3.05) is 31.2 Å². The van der Waals surface area contributed by atoms with Crippen LogP contribution in [0.25, 0.3) is 0 Å². The van der Waals surface area contributed by atoms with Crippen molar-refractivity contribution in [2.45, 2.75) is 19.6 Å². The number of rotatable bonds is 6. The predicted molar refractivity (Wildman–Crippen MR) is 106 cm³/mol. The maximum absolute atomic E-state index is 12.3. The smallest absolute Gasteiger partial charge is 0.261 e. The Balaban J connectivity index is 1.56. The first-order chi connectivity index (χ1) is 13.0. The van der Waals surface area contributed by atoms with E-state index in [0.29, 0.717) is 35.6 Å². The van der Waals surface area contributed by atoms with Gasteiger partial charge in [-0.3, -0.25) is 4.79 Å². The van der Waals surface area contributed by atoms with Crippen molar-refractivity contribution in [3.05, 3.63) is 52.1 Å². The number of morpholine rings is 1. The number of halogens is 2. The molecule has 2 heterocycles. The topological polar surface area (TPSA) is 63.7 Å². The van der Waals surface area contributed by atoms with Crippen LogP contribution in [0, 0.1) is 0 Å². The van der Waals surface area contributed by atoms with Gasteiger partial charge in [-0.05, 0) is 36.8 Å². The van der Waals surface area contributed by atoms with Crippen molar-refractivity contribution >= 4 is 34.9 Å². The molecule has 1 atom stereocenters. The van der Waals surface area contributed by atoms with Crippen LogP contribution in [-0.4, -0.2) is 43.3 Å². The molecule has 27 heavy (non-hydrogen) atoms. The Kier molecular flexibility index (Phi) is 6.77. The zero-order valence-corrected chi connectivity index (χ0v) is 16.5. The highest BCUT2D eigenvalue weighted by atomic mass is 35.5. The first-order valence-corrected chi connectivity index (χ1v) is 9.46. The lowest BCUT2D eigenvalue weighted by atomic mass is 10.2. The van der Waals surface area contributed by atoms with E-state index in [2.05, 4.69) is 15.2 Å². The van der Waals surface area contributed by atoms with E-state index in [1.54, 1.807) is 31.3 Å². The van der Waals surface area contributed by atoms with Crippen molar-refractivity contribution in [3.8, 4) is 5.75 Å². The van der Waals surface area contributed by atoms with Gasteiger partial charge in [-0.25, -0.2) is 4.98 Å². The first-order valence-electron chi connectivity index (χ1n) is 8.70. The molecule has 1 aliphatic heterocycles. The number of ether oxygens (including phenoxy) is 2. The van der Waals surface area contributed by atoms with Crippen LogP contribution >= 0.6 is 23.2 Å². The van der Waals surface area contributed by atoms with Gasteiger partial charge in [0.25, 0.3) is 5.91 Å². The van der Waals surface area contributed by atoms with E-state index in [-0.39, 0.29) is 5.91 Å². The highest BCUT2D eigenvalue weighted by Crippen LogP contribution is 2.32. The Hall–Kier alpha value is -2.02. The van der Waals surface area contributed by atoms with Gasteiger partial charge < -0.3 is 19.7 Å². The molecule has 2 aromatic rings. The summed E-state index contributed by atoms with van der Waals surface area (Å²) in [6.45, 7) is 5.07. The van der Waals surface area contributed by atoms with E-state index in [0.717, 1.165) is 24.5 Å². The Morgan fingerprint density at radius 2 is 2.11 bits per heavy atom. The third-order valence-corrected chi connectivity index (χ3v) is 5.00. The normalized spacial score (nSPS) is 15.3. The van der Waals surface area contributed by atoms with E-state index in [1.165, 1.54) is 0 Å². The number of hydrogen-bond donors (Lipinski definition) is 1. The first kappa shape index (κ1) is 19.7. The molecule has 6 nitrogen and oxygen atoms in total. The Labute approximate surface area is 168 Å². The van der Waals surface area contributed by atoms with E-state index in [4.69, 9.17) is 32.7 Å². The van der Waals surface area contributed by atoms with Gasteiger partial charge in [0.05, 0.1) is 18.2 Å². The number of carbonyl (C=O) groups excluding carboxylic acids is 1. The predicted octanol–water partition coefficient (Wildman–Crippen LogP) is 3.31. The SMILES string of the molecule is C[C@@H](Oc1cccc(Cl)c1Cl)C(=O)NCc1ccnc(N2CCOCC2)c1. The van der Waals surface area contributed by atoms with Gasteiger partial charge in [-0.1, -0.05) is 29.3 Å². The molecule has 0 saturated carbocycles. The van der Waals surface area contributed by atoms with Crippen LogP contribution in [0.3, 0.4) is 0 Å². The summed E-state index contributed by atoms with van der Waals surface area (Å²) in [7, 11) is 0. The molecule has 0 radical (unpaired) electrons. The second-order valence-corrected chi connectivity index (χ2v) is 6.94. The van der Waals surface area contributed by atoms with Crippen LogP contribution in [-0.2, 0) is 16.1 Å². The highest BCUT2D eigenvalue weighted by Gasteiger charge is 2.17. The molecule has 0 unspecified atom stereocenters. The summed E-state index contributed by atoms with van der Waals surface area (Å²) in [6.07, 6.45) is 1.04. The molecule has 1 fully saturated rings.